The van der Waals surface area contributed by atoms with E-state index in [9.17, 15) is 5.26 Å². The van der Waals surface area contributed by atoms with Crippen LogP contribution in [0.2, 0.25) is 0 Å². The SMILES string of the molecule is CN1CCN(c2ncc(-c3ccc(COc4cc(N)nc5[nH]nnc45)c(C#N)c3)cn2)CC1. The molecule has 5 rings (SSSR count). The van der Waals surface area contributed by atoms with Crippen LogP contribution >= 0.6 is 0 Å². The highest BCUT2D eigenvalue weighted by Crippen LogP contribution is 2.26. The molecule has 1 saturated heterocycles. The van der Waals surface area contributed by atoms with E-state index in [0.29, 0.717) is 28.3 Å². The van der Waals surface area contributed by atoms with E-state index in [1.807, 2.05) is 18.2 Å². The van der Waals surface area contributed by atoms with Gasteiger partial charge in [-0.25, -0.2) is 20.1 Å². The molecule has 166 valence electrons. The Morgan fingerprint density at radius 3 is 2.67 bits per heavy atom. The zero-order valence-electron chi connectivity index (χ0n) is 18.1. The lowest BCUT2D eigenvalue weighted by atomic mass is 10.0. The maximum atomic E-state index is 9.70. The molecule has 0 atom stereocenters. The topological polar surface area (TPSA) is 146 Å². The molecular formula is C22H22N10O. The maximum absolute atomic E-state index is 9.70. The quantitative estimate of drug-likeness (QED) is 0.467. The third-order valence-electron chi connectivity index (χ3n) is 5.65. The number of aromatic nitrogens is 6. The van der Waals surface area contributed by atoms with E-state index in [1.54, 1.807) is 18.5 Å². The Bertz CT molecular complexity index is 1320. The molecule has 0 saturated carbocycles. The summed E-state index contributed by atoms with van der Waals surface area (Å²) in [5.74, 6) is 1.47. The average molecular weight is 442 g/mol. The number of nitrogens with two attached hydrogens (primary N) is 1. The number of nitrogens with zero attached hydrogens (tertiary/aromatic N) is 8. The van der Waals surface area contributed by atoms with Crippen molar-refractivity contribution in [3.8, 4) is 22.9 Å². The second-order valence-electron chi connectivity index (χ2n) is 7.89. The van der Waals surface area contributed by atoms with Gasteiger partial charge >= 0.3 is 0 Å². The first kappa shape index (κ1) is 20.6. The molecular weight excluding hydrogens is 420 g/mol. The van der Waals surface area contributed by atoms with Gasteiger partial charge in [-0.15, -0.1) is 5.10 Å². The first-order chi connectivity index (χ1) is 16.1. The summed E-state index contributed by atoms with van der Waals surface area (Å²) in [5.41, 5.74) is 9.72. The van der Waals surface area contributed by atoms with Crippen LogP contribution in [0.1, 0.15) is 11.1 Å². The molecule has 3 N–H and O–H groups in total. The van der Waals surface area contributed by atoms with Gasteiger partial charge in [-0.05, 0) is 18.7 Å². The van der Waals surface area contributed by atoms with E-state index in [1.165, 1.54) is 0 Å². The molecule has 3 aromatic heterocycles. The van der Waals surface area contributed by atoms with Crippen LogP contribution in [0.5, 0.6) is 5.75 Å². The highest BCUT2D eigenvalue weighted by molar-refractivity contribution is 5.79. The summed E-state index contributed by atoms with van der Waals surface area (Å²) in [6.07, 6.45) is 3.60. The van der Waals surface area contributed by atoms with Crippen LogP contribution < -0.4 is 15.4 Å². The van der Waals surface area contributed by atoms with Crippen LogP contribution in [-0.2, 0) is 6.61 Å². The van der Waals surface area contributed by atoms with Crippen LogP contribution in [0.15, 0.2) is 36.7 Å². The van der Waals surface area contributed by atoms with E-state index >= 15 is 0 Å². The van der Waals surface area contributed by atoms with E-state index in [2.05, 4.69) is 53.3 Å². The van der Waals surface area contributed by atoms with Crippen molar-refractivity contribution in [3.05, 3.63) is 47.8 Å². The van der Waals surface area contributed by atoms with Crippen molar-refractivity contribution in [1.29, 1.82) is 5.26 Å². The summed E-state index contributed by atoms with van der Waals surface area (Å²) >= 11 is 0. The molecule has 0 radical (unpaired) electrons. The lowest BCUT2D eigenvalue weighted by Gasteiger charge is -2.32. The normalized spacial score (nSPS) is 14.4. The number of pyridine rings is 1. The second-order valence-corrected chi connectivity index (χ2v) is 7.89. The maximum Gasteiger partial charge on any atom is 0.225 e. The molecule has 0 spiro atoms. The van der Waals surface area contributed by atoms with Gasteiger partial charge in [0.15, 0.2) is 16.9 Å². The number of fused-ring (bicyclic) bond motifs is 1. The van der Waals surface area contributed by atoms with Gasteiger partial charge in [0.05, 0.1) is 11.6 Å². The van der Waals surface area contributed by atoms with Crippen molar-refractivity contribution < 1.29 is 4.74 Å². The van der Waals surface area contributed by atoms with Crippen molar-refractivity contribution >= 4 is 22.9 Å². The number of nitrogen functional groups attached to an aromatic ring is 1. The number of benzene rings is 1. The molecule has 0 bridgehead atoms. The number of nitrogens with one attached hydrogen (secondary N) is 1. The number of rotatable bonds is 5. The first-order valence-corrected chi connectivity index (χ1v) is 10.5. The monoisotopic (exact) mass is 442 g/mol. The van der Waals surface area contributed by atoms with Crippen molar-refractivity contribution in [3.63, 3.8) is 0 Å². The smallest absolute Gasteiger partial charge is 0.225 e. The average Bonchev–Trinajstić information content (AvgIpc) is 3.31. The molecule has 1 fully saturated rings. The van der Waals surface area contributed by atoms with Gasteiger partial charge in [-0.3, -0.25) is 0 Å². The van der Waals surface area contributed by atoms with Crippen molar-refractivity contribution in [2.75, 3.05) is 43.9 Å². The predicted molar refractivity (Wildman–Crippen MR) is 122 cm³/mol. The number of aromatic amines is 1. The van der Waals surface area contributed by atoms with Crippen molar-refractivity contribution in [2.45, 2.75) is 6.61 Å². The highest BCUT2D eigenvalue weighted by atomic mass is 16.5. The van der Waals surface area contributed by atoms with Crippen molar-refractivity contribution in [2.24, 2.45) is 0 Å². The molecule has 4 aromatic rings. The highest BCUT2D eigenvalue weighted by Gasteiger charge is 2.17. The van der Waals surface area contributed by atoms with Crippen LogP contribution in [0.25, 0.3) is 22.3 Å². The Labute approximate surface area is 189 Å². The minimum Gasteiger partial charge on any atom is -0.486 e. The van der Waals surface area contributed by atoms with E-state index in [0.717, 1.165) is 48.8 Å². The second kappa shape index (κ2) is 8.68. The van der Waals surface area contributed by atoms with Gasteiger partial charge < -0.3 is 20.3 Å². The summed E-state index contributed by atoms with van der Waals surface area (Å²) in [7, 11) is 2.12. The van der Waals surface area contributed by atoms with E-state index in [4.69, 9.17) is 10.5 Å². The van der Waals surface area contributed by atoms with E-state index in [-0.39, 0.29) is 6.61 Å². The first-order valence-electron chi connectivity index (χ1n) is 10.5. The molecule has 11 nitrogen and oxygen atoms in total. The van der Waals surface area contributed by atoms with Gasteiger partial charge in [0.25, 0.3) is 0 Å². The number of hydrogen-bond acceptors (Lipinski definition) is 10. The predicted octanol–water partition coefficient (Wildman–Crippen LogP) is 1.59. The number of hydrogen-bond donors (Lipinski definition) is 2. The fraction of sp³-hybridized carbons (Fsp3) is 0.273. The summed E-state index contributed by atoms with van der Waals surface area (Å²) in [6, 6.07) is 9.45. The summed E-state index contributed by atoms with van der Waals surface area (Å²) in [5, 5.41) is 20.1. The molecule has 1 aliphatic rings. The summed E-state index contributed by atoms with van der Waals surface area (Å²) in [6.45, 7) is 3.98. The number of ether oxygens (including phenoxy) is 1. The van der Waals surface area contributed by atoms with Crippen LogP contribution in [0.4, 0.5) is 11.8 Å². The van der Waals surface area contributed by atoms with Crippen LogP contribution in [0.3, 0.4) is 0 Å². The number of piperazine rings is 1. The Morgan fingerprint density at radius 2 is 1.91 bits per heavy atom. The van der Waals surface area contributed by atoms with Crippen LogP contribution in [0, 0.1) is 11.3 Å². The molecule has 0 amide bonds. The molecule has 0 aliphatic carbocycles. The number of likely N-dealkylation sites (N-methyl/N-ethyl adjacent to an activating group) is 1. The molecule has 1 aromatic carbocycles. The van der Waals surface area contributed by atoms with E-state index < -0.39 is 0 Å². The zero-order chi connectivity index (χ0) is 22.8. The third-order valence-corrected chi connectivity index (χ3v) is 5.65. The molecule has 4 heterocycles. The van der Waals surface area contributed by atoms with Gasteiger partial charge in [-0.1, -0.05) is 17.3 Å². The Kier molecular flexibility index (Phi) is 5.42. The minimum atomic E-state index is 0.174. The third kappa shape index (κ3) is 4.24. The largest absolute Gasteiger partial charge is 0.486 e. The Balaban J connectivity index is 1.33. The van der Waals surface area contributed by atoms with Gasteiger partial charge in [0.1, 0.15) is 12.4 Å². The lowest BCUT2D eigenvalue weighted by molar-refractivity contribution is 0.309. The van der Waals surface area contributed by atoms with Crippen LogP contribution in [-0.4, -0.2) is 68.5 Å². The molecule has 1 aliphatic heterocycles. The Hall–Kier alpha value is -4.30. The molecule has 33 heavy (non-hydrogen) atoms. The molecule has 11 heteroatoms. The van der Waals surface area contributed by atoms with Gasteiger partial charge in [0.2, 0.25) is 5.95 Å². The zero-order valence-corrected chi connectivity index (χ0v) is 18.1. The van der Waals surface area contributed by atoms with Gasteiger partial charge in [0, 0.05) is 55.8 Å². The fourth-order valence-corrected chi connectivity index (χ4v) is 3.72. The number of anilines is 2. The fourth-order valence-electron chi connectivity index (χ4n) is 3.72. The standard InChI is InChI=1S/C22H22N10O/c1-31-4-6-32(7-5-31)22-25-11-17(12-26-22)14-2-3-15(16(8-14)10-23)13-33-18-9-19(24)27-21-20(18)28-30-29-21/h2-3,8-9,11-12H,4-7,13H2,1H3,(H3,24,27,28,29,30). The number of nitriles is 1. The van der Waals surface area contributed by atoms with Crippen molar-refractivity contribution in [1.82, 2.24) is 35.3 Å². The number of H-pyrrole nitrogens is 1. The molecule has 0 unspecified atom stereocenters. The Morgan fingerprint density at radius 1 is 1.12 bits per heavy atom. The van der Waals surface area contributed by atoms with Gasteiger partial charge in [-0.2, -0.15) is 5.26 Å². The summed E-state index contributed by atoms with van der Waals surface area (Å²) in [4.78, 5) is 17.7. The summed E-state index contributed by atoms with van der Waals surface area (Å²) < 4.78 is 5.90. The lowest BCUT2D eigenvalue weighted by Crippen LogP contribution is -2.45. The minimum absolute atomic E-state index is 0.174.